The molecule has 2 heterocycles. The average molecular weight is 351 g/mol. The highest BCUT2D eigenvalue weighted by Crippen LogP contribution is 2.32. The fourth-order valence-electron chi connectivity index (χ4n) is 3.37. The molecule has 3 rings (SSSR count). The largest absolute Gasteiger partial charge is 0.330 e. The van der Waals surface area contributed by atoms with Crippen LogP contribution in [0.25, 0.3) is 0 Å². The molecule has 1 unspecified atom stereocenters. The first-order chi connectivity index (χ1) is 11.3. The number of rotatable bonds is 4. The van der Waals surface area contributed by atoms with Crippen molar-refractivity contribution in [2.45, 2.75) is 44.0 Å². The van der Waals surface area contributed by atoms with Crippen LogP contribution in [0, 0.1) is 12.7 Å². The van der Waals surface area contributed by atoms with Gasteiger partial charge in [-0.3, -0.25) is 0 Å². The lowest BCUT2D eigenvalue weighted by Crippen LogP contribution is -2.29. The number of aromatic nitrogens is 2. The van der Waals surface area contributed by atoms with Crippen LogP contribution in [0.2, 0.25) is 0 Å². The van der Waals surface area contributed by atoms with Gasteiger partial charge in [0.1, 0.15) is 11.6 Å². The SMILES string of the molecule is Cc1cnc(C2CCN(S(=O)(=O)c3cccc(F)c3)C2)n1C(C)C. The van der Waals surface area contributed by atoms with Crippen LogP contribution in [-0.4, -0.2) is 35.4 Å². The van der Waals surface area contributed by atoms with Gasteiger partial charge >= 0.3 is 0 Å². The summed E-state index contributed by atoms with van der Waals surface area (Å²) in [6.45, 7) is 6.99. The second-order valence-corrected chi connectivity index (χ2v) is 8.47. The third kappa shape index (κ3) is 2.98. The molecule has 1 saturated heterocycles. The molecule has 0 saturated carbocycles. The molecule has 1 aromatic carbocycles. The molecule has 0 bridgehead atoms. The van der Waals surface area contributed by atoms with E-state index in [4.69, 9.17) is 0 Å². The number of sulfonamides is 1. The van der Waals surface area contributed by atoms with Gasteiger partial charge in [-0.2, -0.15) is 4.31 Å². The molecule has 0 aliphatic carbocycles. The van der Waals surface area contributed by atoms with E-state index >= 15 is 0 Å². The van der Waals surface area contributed by atoms with Crippen LogP contribution < -0.4 is 0 Å². The Morgan fingerprint density at radius 2 is 2.08 bits per heavy atom. The van der Waals surface area contributed by atoms with Gasteiger partial charge in [0.2, 0.25) is 10.0 Å². The van der Waals surface area contributed by atoms with E-state index in [1.165, 1.54) is 22.5 Å². The Labute approximate surface area is 142 Å². The summed E-state index contributed by atoms with van der Waals surface area (Å²) >= 11 is 0. The predicted molar refractivity (Wildman–Crippen MR) is 89.9 cm³/mol. The van der Waals surface area contributed by atoms with Crippen LogP contribution in [0.3, 0.4) is 0 Å². The third-order valence-electron chi connectivity index (χ3n) is 4.48. The van der Waals surface area contributed by atoms with E-state index < -0.39 is 15.8 Å². The number of hydrogen-bond acceptors (Lipinski definition) is 3. The Bertz CT molecular complexity index is 845. The van der Waals surface area contributed by atoms with Crippen molar-refractivity contribution >= 4 is 10.0 Å². The highest BCUT2D eigenvalue weighted by Gasteiger charge is 2.35. The molecular weight excluding hydrogens is 329 g/mol. The molecule has 7 heteroatoms. The molecule has 0 amide bonds. The topological polar surface area (TPSA) is 55.2 Å². The zero-order valence-electron chi connectivity index (χ0n) is 14.1. The van der Waals surface area contributed by atoms with Gasteiger partial charge in [0.15, 0.2) is 0 Å². The summed E-state index contributed by atoms with van der Waals surface area (Å²) in [7, 11) is -3.67. The molecule has 1 aliphatic rings. The second kappa shape index (κ2) is 6.29. The molecule has 5 nitrogen and oxygen atoms in total. The molecule has 1 aliphatic heterocycles. The van der Waals surface area contributed by atoms with Gasteiger partial charge < -0.3 is 4.57 Å². The number of imidazole rings is 1. The van der Waals surface area contributed by atoms with E-state index in [1.807, 2.05) is 13.1 Å². The lowest BCUT2D eigenvalue weighted by molar-refractivity contribution is 0.464. The monoisotopic (exact) mass is 351 g/mol. The highest BCUT2D eigenvalue weighted by atomic mass is 32.2. The van der Waals surface area contributed by atoms with E-state index in [1.54, 1.807) is 0 Å². The minimum atomic E-state index is -3.67. The predicted octanol–water partition coefficient (Wildman–Crippen LogP) is 3.09. The lowest BCUT2D eigenvalue weighted by atomic mass is 10.1. The van der Waals surface area contributed by atoms with Crippen molar-refractivity contribution in [2.75, 3.05) is 13.1 Å². The Morgan fingerprint density at radius 1 is 1.33 bits per heavy atom. The molecule has 130 valence electrons. The number of halogens is 1. The highest BCUT2D eigenvalue weighted by molar-refractivity contribution is 7.89. The molecule has 1 atom stereocenters. The van der Waals surface area contributed by atoms with Crippen molar-refractivity contribution in [3.05, 3.63) is 47.8 Å². The standard InChI is InChI=1S/C17H22FN3O2S/c1-12(2)21-13(3)10-19-17(21)14-7-8-20(11-14)24(22,23)16-6-4-5-15(18)9-16/h4-6,9-10,12,14H,7-8,11H2,1-3H3. The first-order valence-electron chi connectivity index (χ1n) is 8.10. The Balaban J connectivity index is 1.86. The van der Waals surface area contributed by atoms with Crippen molar-refractivity contribution in [2.24, 2.45) is 0 Å². The van der Waals surface area contributed by atoms with Crippen LogP contribution in [0.4, 0.5) is 4.39 Å². The van der Waals surface area contributed by atoms with Gasteiger partial charge in [-0.15, -0.1) is 0 Å². The van der Waals surface area contributed by atoms with Crippen LogP contribution in [-0.2, 0) is 10.0 Å². The molecule has 1 aromatic heterocycles. The van der Waals surface area contributed by atoms with Crippen molar-refractivity contribution in [1.29, 1.82) is 0 Å². The van der Waals surface area contributed by atoms with Crippen molar-refractivity contribution in [1.82, 2.24) is 13.9 Å². The average Bonchev–Trinajstić information content (AvgIpc) is 3.13. The quantitative estimate of drug-likeness (QED) is 0.850. The Morgan fingerprint density at radius 3 is 2.75 bits per heavy atom. The number of hydrogen-bond donors (Lipinski definition) is 0. The normalized spacial score (nSPS) is 19.3. The molecule has 0 radical (unpaired) electrons. The summed E-state index contributed by atoms with van der Waals surface area (Å²) in [6.07, 6.45) is 2.55. The van der Waals surface area contributed by atoms with Crippen molar-refractivity contribution in [3.63, 3.8) is 0 Å². The minimum absolute atomic E-state index is 0.00605. The first-order valence-corrected chi connectivity index (χ1v) is 9.54. The van der Waals surface area contributed by atoms with Gasteiger partial charge in [0.25, 0.3) is 0 Å². The van der Waals surface area contributed by atoms with Gasteiger partial charge in [-0.1, -0.05) is 6.07 Å². The maximum Gasteiger partial charge on any atom is 0.243 e. The summed E-state index contributed by atoms with van der Waals surface area (Å²) in [6, 6.07) is 5.45. The zero-order chi connectivity index (χ0) is 17.5. The molecule has 0 N–H and O–H groups in total. The molecule has 1 fully saturated rings. The fraction of sp³-hybridized carbons (Fsp3) is 0.471. The smallest absolute Gasteiger partial charge is 0.243 e. The molecule has 0 spiro atoms. The maximum absolute atomic E-state index is 13.4. The zero-order valence-corrected chi connectivity index (χ0v) is 14.9. The summed E-state index contributed by atoms with van der Waals surface area (Å²) in [5, 5.41) is 0. The lowest BCUT2D eigenvalue weighted by Gasteiger charge is -2.19. The minimum Gasteiger partial charge on any atom is -0.330 e. The second-order valence-electron chi connectivity index (χ2n) is 6.53. The summed E-state index contributed by atoms with van der Waals surface area (Å²) in [4.78, 5) is 4.51. The summed E-state index contributed by atoms with van der Waals surface area (Å²) < 4.78 is 42.4. The van der Waals surface area contributed by atoms with Crippen molar-refractivity contribution < 1.29 is 12.8 Å². The van der Waals surface area contributed by atoms with E-state index in [9.17, 15) is 12.8 Å². The van der Waals surface area contributed by atoms with Gasteiger partial charge in [0, 0.05) is 36.9 Å². The van der Waals surface area contributed by atoms with E-state index in [-0.39, 0.29) is 16.9 Å². The number of benzene rings is 1. The van der Waals surface area contributed by atoms with Crippen LogP contribution in [0.5, 0.6) is 0 Å². The maximum atomic E-state index is 13.4. The van der Waals surface area contributed by atoms with E-state index in [2.05, 4.69) is 23.4 Å². The molecular formula is C17H22FN3O2S. The summed E-state index contributed by atoms with van der Waals surface area (Å²) in [5.41, 5.74) is 1.08. The summed E-state index contributed by atoms with van der Waals surface area (Å²) in [5.74, 6) is 0.446. The Kier molecular flexibility index (Phi) is 4.48. The van der Waals surface area contributed by atoms with Gasteiger partial charge in [-0.05, 0) is 45.4 Å². The fourth-order valence-corrected chi connectivity index (χ4v) is 4.90. The third-order valence-corrected chi connectivity index (χ3v) is 6.34. The van der Waals surface area contributed by atoms with Gasteiger partial charge in [-0.25, -0.2) is 17.8 Å². The van der Waals surface area contributed by atoms with Crippen LogP contribution in [0.15, 0.2) is 35.4 Å². The molecule has 24 heavy (non-hydrogen) atoms. The van der Waals surface area contributed by atoms with Crippen molar-refractivity contribution in [3.8, 4) is 0 Å². The van der Waals surface area contributed by atoms with Crippen LogP contribution >= 0.6 is 0 Å². The number of nitrogens with zero attached hydrogens (tertiary/aromatic N) is 3. The van der Waals surface area contributed by atoms with Gasteiger partial charge in [0.05, 0.1) is 4.90 Å². The Hall–Kier alpha value is -1.73. The molecule has 2 aromatic rings. The van der Waals surface area contributed by atoms with Crippen LogP contribution in [0.1, 0.15) is 43.7 Å². The number of aryl methyl sites for hydroxylation is 1. The van der Waals surface area contributed by atoms with E-state index in [0.29, 0.717) is 13.1 Å². The van der Waals surface area contributed by atoms with E-state index in [0.717, 1.165) is 24.0 Å². The first kappa shape index (κ1) is 17.1.